The van der Waals surface area contributed by atoms with Crippen LogP contribution in [0.5, 0.6) is 0 Å². The summed E-state index contributed by atoms with van der Waals surface area (Å²) in [4.78, 5) is 0. The molecule has 0 spiro atoms. The monoisotopic (exact) mass is 206 g/mol. The molecule has 1 unspecified atom stereocenters. The first-order valence-corrected chi connectivity index (χ1v) is 5.62. The summed E-state index contributed by atoms with van der Waals surface area (Å²) in [6.45, 7) is 10.8. The Morgan fingerprint density at radius 3 is 2.47 bits per heavy atom. The minimum atomic E-state index is 0.277. The molecule has 0 fully saturated rings. The largest absolute Gasteiger partial charge is 0.466 e. The van der Waals surface area contributed by atoms with Crippen LogP contribution in [0.25, 0.3) is 0 Å². The first kappa shape index (κ1) is 12.1. The average Bonchev–Trinajstić information content (AvgIpc) is 2.49. The Morgan fingerprint density at radius 1 is 1.33 bits per heavy atom. The van der Waals surface area contributed by atoms with Crippen molar-refractivity contribution in [2.75, 3.05) is 0 Å². The summed E-state index contributed by atoms with van der Waals surface area (Å²) in [5, 5.41) is 0. The maximum absolute atomic E-state index is 5.59. The van der Waals surface area contributed by atoms with E-state index in [9.17, 15) is 0 Å². The lowest BCUT2D eigenvalue weighted by Gasteiger charge is -2.12. The number of allylic oxidation sites excluding steroid dienone is 2. The Kier molecular flexibility index (Phi) is 3.78. The van der Waals surface area contributed by atoms with Gasteiger partial charge in [-0.05, 0) is 30.9 Å². The molecular formula is C14H22O. The summed E-state index contributed by atoms with van der Waals surface area (Å²) >= 11 is 0. The van der Waals surface area contributed by atoms with E-state index in [1.807, 2.05) is 13.0 Å². The fourth-order valence-corrected chi connectivity index (χ4v) is 1.46. The summed E-state index contributed by atoms with van der Waals surface area (Å²) in [5.41, 5.74) is 0.277. The van der Waals surface area contributed by atoms with Gasteiger partial charge in [0.1, 0.15) is 11.5 Å². The highest BCUT2D eigenvalue weighted by Gasteiger charge is 2.08. The van der Waals surface area contributed by atoms with Crippen LogP contribution in [0.3, 0.4) is 0 Å². The van der Waals surface area contributed by atoms with E-state index >= 15 is 0 Å². The van der Waals surface area contributed by atoms with E-state index in [0.717, 1.165) is 17.9 Å². The second kappa shape index (κ2) is 4.69. The van der Waals surface area contributed by atoms with Crippen LogP contribution in [0.4, 0.5) is 0 Å². The van der Waals surface area contributed by atoms with Gasteiger partial charge in [0.15, 0.2) is 0 Å². The maximum atomic E-state index is 5.59. The Hall–Kier alpha value is -0.980. The van der Waals surface area contributed by atoms with Crippen molar-refractivity contribution < 1.29 is 4.42 Å². The van der Waals surface area contributed by atoms with Crippen LogP contribution in [0.15, 0.2) is 28.7 Å². The van der Waals surface area contributed by atoms with Gasteiger partial charge in [-0.2, -0.15) is 0 Å². The lowest BCUT2D eigenvalue weighted by atomic mass is 9.94. The van der Waals surface area contributed by atoms with Gasteiger partial charge in [-0.1, -0.05) is 39.8 Å². The molecular weight excluding hydrogens is 184 g/mol. The molecule has 0 saturated carbocycles. The number of hydrogen-bond donors (Lipinski definition) is 0. The Bertz CT molecular complexity index is 325. The predicted octanol–water partition coefficient (Wildman–Crippen LogP) is 4.68. The summed E-state index contributed by atoms with van der Waals surface area (Å²) in [6, 6.07) is 4.10. The highest BCUT2D eigenvalue weighted by molar-refractivity contribution is 5.11. The molecule has 0 bridgehead atoms. The van der Waals surface area contributed by atoms with Crippen LogP contribution < -0.4 is 0 Å². The molecule has 0 aliphatic rings. The lowest BCUT2D eigenvalue weighted by Crippen LogP contribution is -1.99. The fourth-order valence-electron chi connectivity index (χ4n) is 1.46. The van der Waals surface area contributed by atoms with E-state index in [0.29, 0.717) is 5.92 Å². The Morgan fingerprint density at radius 2 is 2.00 bits per heavy atom. The standard InChI is InChI=1S/C14H22O/c1-11(7-6-10-14(3,4)5)13-9-8-12(2)15-13/h6,8-11H,7H2,1-5H3/b10-6+. The molecule has 0 amide bonds. The van der Waals surface area contributed by atoms with Gasteiger partial charge in [-0.25, -0.2) is 0 Å². The van der Waals surface area contributed by atoms with E-state index < -0.39 is 0 Å². The molecule has 0 saturated heterocycles. The van der Waals surface area contributed by atoms with Gasteiger partial charge in [-0.3, -0.25) is 0 Å². The minimum Gasteiger partial charge on any atom is -0.466 e. The topological polar surface area (TPSA) is 13.1 Å². The molecule has 1 aromatic rings. The normalized spacial score (nSPS) is 14.7. The zero-order valence-electron chi connectivity index (χ0n) is 10.5. The summed E-state index contributed by atoms with van der Waals surface area (Å²) in [6.07, 6.45) is 5.56. The van der Waals surface area contributed by atoms with Crippen molar-refractivity contribution in [3.63, 3.8) is 0 Å². The van der Waals surface area contributed by atoms with E-state index in [1.54, 1.807) is 0 Å². The number of hydrogen-bond acceptors (Lipinski definition) is 1. The van der Waals surface area contributed by atoms with Crippen molar-refractivity contribution in [3.05, 3.63) is 35.8 Å². The van der Waals surface area contributed by atoms with Crippen molar-refractivity contribution in [2.45, 2.75) is 47.0 Å². The molecule has 0 N–H and O–H groups in total. The summed E-state index contributed by atoms with van der Waals surface area (Å²) in [7, 11) is 0. The molecule has 0 aliphatic carbocycles. The number of rotatable bonds is 3. The fraction of sp³-hybridized carbons (Fsp3) is 0.571. The molecule has 0 radical (unpaired) electrons. The zero-order chi connectivity index (χ0) is 11.5. The SMILES string of the molecule is Cc1ccc(C(C)C/C=C/C(C)(C)C)o1. The first-order chi connectivity index (χ1) is 6.88. The number of furan rings is 1. The van der Waals surface area contributed by atoms with Gasteiger partial charge < -0.3 is 4.42 Å². The molecule has 0 aromatic carbocycles. The van der Waals surface area contributed by atoms with Crippen molar-refractivity contribution >= 4 is 0 Å². The van der Waals surface area contributed by atoms with E-state index in [-0.39, 0.29) is 5.41 Å². The van der Waals surface area contributed by atoms with Gasteiger partial charge in [0, 0.05) is 5.92 Å². The van der Waals surface area contributed by atoms with Gasteiger partial charge in [-0.15, -0.1) is 0 Å². The van der Waals surface area contributed by atoms with Gasteiger partial charge in [0.2, 0.25) is 0 Å². The van der Waals surface area contributed by atoms with Crippen LogP contribution >= 0.6 is 0 Å². The molecule has 1 aromatic heterocycles. The van der Waals surface area contributed by atoms with Crippen LogP contribution in [0, 0.1) is 12.3 Å². The van der Waals surface area contributed by atoms with E-state index in [1.165, 1.54) is 0 Å². The third-order valence-electron chi connectivity index (χ3n) is 2.35. The molecule has 15 heavy (non-hydrogen) atoms. The lowest BCUT2D eigenvalue weighted by molar-refractivity contribution is 0.453. The molecule has 84 valence electrons. The maximum Gasteiger partial charge on any atom is 0.107 e. The second-order valence-corrected chi connectivity index (χ2v) is 5.35. The quantitative estimate of drug-likeness (QED) is 0.654. The molecule has 1 rings (SSSR count). The third kappa shape index (κ3) is 4.37. The highest BCUT2D eigenvalue weighted by Crippen LogP contribution is 2.23. The Labute approximate surface area is 93.2 Å². The van der Waals surface area contributed by atoms with Crippen molar-refractivity contribution in [2.24, 2.45) is 5.41 Å². The van der Waals surface area contributed by atoms with Crippen LogP contribution in [-0.4, -0.2) is 0 Å². The molecule has 1 heterocycles. The summed E-state index contributed by atoms with van der Waals surface area (Å²) < 4.78 is 5.59. The highest BCUT2D eigenvalue weighted by atomic mass is 16.3. The number of aryl methyl sites for hydroxylation is 1. The van der Waals surface area contributed by atoms with Crippen molar-refractivity contribution in [3.8, 4) is 0 Å². The van der Waals surface area contributed by atoms with Crippen molar-refractivity contribution in [1.82, 2.24) is 0 Å². The van der Waals surface area contributed by atoms with Crippen LogP contribution in [0.1, 0.15) is 51.6 Å². The molecule has 1 heteroatoms. The first-order valence-electron chi connectivity index (χ1n) is 5.62. The molecule has 0 aliphatic heterocycles. The second-order valence-electron chi connectivity index (χ2n) is 5.35. The van der Waals surface area contributed by atoms with E-state index in [2.05, 4.69) is 45.9 Å². The summed E-state index contributed by atoms with van der Waals surface area (Å²) in [5.74, 6) is 2.56. The average molecular weight is 206 g/mol. The van der Waals surface area contributed by atoms with Gasteiger partial charge in [0.05, 0.1) is 0 Å². The molecule has 1 nitrogen and oxygen atoms in total. The third-order valence-corrected chi connectivity index (χ3v) is 2.35. The van der Waals surface area contributed by atoms with Gasteiger partial charge in [0.25, 0.3) is 0 Å². The predicted molar refractivity (Wildman–Crippen MR) is 65.1 cm³/mol. The van der Waals surface area contributed by atoms with Crippen molar-refractivity contribution in [1.29, 1.82) is 0 Å². The van der Waals surface area contributed by atoms with Crippen LogP contribution in [-0.2, 0) is 0 Å². The zero-order valence-corrected chi connectivity index (χ0v) is 10.5. The van der Waals surface area contributed by atoms with Crippen LogP contribution in [0.2, 0.25) is 0 Å². The van der Waals surface area contributed by atoms with Gasteiger partial charge >= 0.3 is 0 Å². The molecule has 1 atom stereocenters. The smallest absolute Gasteiger partial charge is 0.107 e. The minimum absolute atomic E-state index is 0.277. The Balaban J connectivity index is 2.50. The van der Waals surface area contributed by atoms with E-state index in [4.69, 9.17) is 4.42 Å².